The number of hydrogen-bond donors (Lipinski definition) is 2. The van der Waals surface area contributed by atoms with Gasteiger partial charge < -0.3 is 14.6 Å². The van der Waals surface area contributed by atoms with Crippen molar-refractivity contribution in [2.24, 2.45) is 5.92 Å². The second-order valence-corrected chi connectivity index (χ2v) is 6.59. The molecule has 0 aromatic heterocycles. The zero-order chi connectivity index (χ0) is 19.1. The number of aromatic hydroxyl groups is 1. The van der Waals surface area contributed by atoms with Crippen LogP contribution in [0.1, 0.15) is 18.6 Å². The molecular formula is C20H23NO4S. The summed E-state index contributed by atoms with van der Waals surface area (Å²) < 4.78 is 10.7. The molecule has 138 valence electrons. The molecule has 0 spiro atoms. The SMILES string of the molecule is C=C[C@@H](C)[C@H](OC(=O)Nc1ccc(SC)cc1)c1ccc(OC)c(O)c1. The predicted molar refractivity (Wildman–Crippen MR) is 105 cm³/mol. The lowest BCUT2D eigenvalue weighted by Gasteiger charge is -2.23. The number of nitrogens with one attached hydrogen (secondary N) is 1. The average molecular weight is 373 g/mol. The molecule has 0 unspecified atom stereocenters. The molecule has 0 radical (unpaired) electrons. The van der Waals surface area contributed by atoms with Crippen LogP contribution in [-0.4, -0.2) is 24.6 Å². The zero-order valence-electron chi connectivity index (χ0n) is 15.1. The first-order valence-electron chi connectivity index (χ1n) is 8.09. The van der Waals surface area contributed by atoms with Gasteiger partial charge in [0.05, 0.1) is 7.11 Å². The van der Waals surface area contributed by atoms with Crippen molar-refractivity contribution < 1.29 is 19.4 Å². The molecule has 0 saturated heterocycles. The molecular weight excluding hydrogens is 350 g/mol. The molecule has 1 amide bonds. The lowest BCUT2D eigenvalue weighted by molar-refractivity contribution is 0.0895. The first kappa shape index (κ1) is 19.7. The summed E-state index contributed by atoms with van der Waals surface area (Å²) in [5, 5.41) is 12.7. The molecule has 0 aliphatic heterocycles. The van der Waals surface area contributed by atoms with E-state index in [2.05, 4.69) is 11.9 Å². The number of phenolic OH excluding ortho intramolecular Hbond substituents is 1. The number of rotatable bonds is 7. The van der Waals surface area contributed by atoms with Crippen LogP contribution in [0.5, 0.6) is 11.5 Å². The number of anilines is 1. The Bertz CT molecular complexity index is 761. The summed E-state index contributed by atoms with van der Waals surface area (Å²) in [5.41, 5.74) is 1.30. The summed E-state index contributed by atoms with van der Waals surface area (Å²) in [5.74, 6) is 0.201. The maximum atomic E-state index is 12.3. The van der Waals surface area contributed by atoms with E-state index in [4.69, 9.17) is 9.47 Å². The van der Waals surface area contributed by atoms with Gasteiger partial charge in [-0.3, -0.25) is 5.32 Å². The predicted octanol–water partition coefficient (Wildman–Crippen LogP) is 5.23. The molecule has 0 saturated carbocycles. The van der Waals surface area contributed by atoms with Crippen LogP contribution in [0.25, 0.3) is 0 Å². The molecule has 0 aliphatic rings. The van der Waals surface area contributed by atoms with E-state index in [9.17, 15) is 9.90 Å². The third kappa shape index (κ3) is 4.95. The topological polar surface area (TPSA) is 67.8 Å². The number of thioether (sulfide) groups is 1. The van der Waals surface area contributed by atoms with Crippen LogP contribution in [0.2, 0.25) is 0 Å². The Labute approximate surface area is 158 Å². The van der Waals surface area contributed by atoms with E-state index in [0.717, 1.165) is 4.90 Å². The van der Waals surface area contributed by atoms with Crippen LogP contribution in [0.15, 0.2) is 60.0 Å². The van der Waals surface area contributed by atoms with Gasteiger partial charge in [0.25, 0.3) is 0 Å². The lowest BCUT2D eigenvalue weighted by Crippen LogP contribution is -2.21. The lowest BCUT2D eigenvalue weighted by atomic mass is 9.97. The standard InChI is InChI=1S/C20H23NO4S/c1-5-13(2)19(14-6-11-18(24-3)17(22)12-14)25-20(23)21-15-7-9-16(26-4)10-8-15/h5-13,19,22H,1H2,2-4H3,(H,21,23)/t13-,19+/m1/s1. The first-order chi connectivity index (χ1) is 12.5. The van der Waals surface area contributed by atoms with Gasteiger partial charge in [-0.15, -0.1) is 18.3 Å². The third-order valence-electron chi connectivity index (χ3n) is 3.95. The summed E-state index contributed by atoms with van der Waals surface area (Å²) in [7, 11) is 1.48. The summed E-state index contributed by atoms with van der Waals surface area (Å²) >= 11 is 1.63. The van der Waals surface area contributed by atoms with Crippen molar-refractivity contribution in [1.82, 2.24) is 0 Å². The van der Waals surface area contributed by atoms with E-state index < -0.39 is 12.2 Å². The van der Waals surface area contributed by atoms with Gasteiger partial charge in [-0.25, -0.2) is 4.79 Å². The molecule has 5 nitrogen and oxygen atoms in total. The minimum absolute atomic E-state index is 0.0112. The van der Waals surface area contributed by atoms with Crippen LogP contribution in [0, 0.1) is 5.92 Å². The fourth-order valence-corrected chi connectivity index (χ4v) is 2.83. The van der Waals surface area contributed by atoms with Gasteiger partial charge in [0.2, 0.25) is 0 Å². The molecule has 0 aliphatic carbocycles. The highest BCUT2D eigenvalue weighted by atomic mass is 32.2. The van der Waals surface area contributed by atoms with E-state index in [-0.39, 0.29) is 11.7 Å². The van der Waals surface area contributed by atoms with Crippen molar-refractivity contribution in [1.29, 1.82) is 0 Å². The first-order valence-corrected chi connectivity index (χ1v) is 9.32. The molecule has 2 atom stereocenters. The average Bonchev–Trinajstić information content (AvgIpc) is 2.66. The fourth-order valence-electron chi connectivity index (χ4n) is 2.42. The van der Waals surface area contributed by atoms with Crippen LogP contribution in [-0.2, 0) is 4.74 Å². The van der Waals surface area contributed by atoms with Crippen LogP contribution in [0.4, 0.5) is 10.5 Å². The Hall–Kier alpha value is -2.60. The van der Waals surface area contributed by atoms with Gasteiger partial charge in [0, 0.05) is 16.5 Å². The van der Waals surface area contributed by atoms with E-state index in [1.54, 1.807) is 30.0 Å². The number of benzene rings is 2. The minimum Gasteiger partial charge on any atom is -0.504 e. The maximum Gasteiger partial charge on any atom is 0.412 e. The molecule has 2 aromatic carbocycles. The molecule has 0 heterocycles. The Morgan fingerprint density at radius 2 is 1.96 bits per heavy atom. The Morgan fingerprint density at radius 1 is 1.27 bits per heavy atom. The number of ether oxygens (including phenoxy) is 2. The highest BCUT2D eigenvalue weighted by Crippen LogP contribution is 2.34. The Balaban J connectivity index is 2.15. The number of amides is 1. The monoisotopic (exact) mass is 373 g/mol. The molecule has 0 fully saturated rings. The van der Waals surface area contributed by atoms with Gasteiger partial charge in [-0.05, 0) is 48.2 Å². The maximum absolute atomic E-state index is 12.3. The number of hydrogen-bond acceptors (Lipinski definition) is 5. The van der Waals surface area contributed by atoms with Crippen molar-refractivity contribution >= 4 is 23.5 Å². The fraction of sp³-hybridized carbons (Fsp3) is 0.250. The van der Waals surface area contributed by atoms with Crippen molar-refractivity contribution in [3.05, 3.63) is 60.7 Å². The minimum atomic E-state index is -0.588. The van der Waals surface area contributed by atoms with E-state index in [1.165, 1.54) is 13.2 Å². The smallest absolute Gasteiger partial charge is 0.412 e. The van der Waals surface area contributed by atoms with Crippen molar-refractivity contribution in [2.45, 2.75) is 17.9 Å². The van der Waals surface area contributed by atoms with Crippen LogP contribution < -0.4 is 10.1 Å². The van der Waals surface area contributed by atoms with Crippen LogP contribution >= 0.6 is 11.8 Å². The molecule has 2 aromatic rings. The van der Waals surface area contributed by atoms with Crippen molar-refractivity contribution in [3.63, 3.8) is 0 Å². The highest BCUT2D eigenvalue weighted by molar-refractivity contribution is 7.98. The van der Waals surface area contributed by atoms with Crippen molar-refractivity contribution in [3.8, 4) is 11.5 Å². The van der Waals surface area contributed by atoms with Gasteiger partial charge in [0.1, 0.15) is 6.10 Å². The second kappa shape index (κ2) is 9.20. The molecule has 26 heavy (non-hydrogen) atoms. The number of methoxy groups -OCH3 is 1. The quantitative estimate of drug-likeness (QED) is 0.513. The normalized spacial score (nSPS) is 12.7. The van der Waals surface area contributed by atoms with Gasteiger partial charge in [-0.2, -0.15) is 0 Å². The molecule has 0 bridgehead atoms. The second-order valence-electron chi connectivity index (χ2n) is 5.71. The molecule has 2 N–H and O–H groups in total. The summed E-state index contributed by atoms with van der Waals surface area (Å²) in [6.07, 6.45) is 2.53. The highest BCUT2D eigenvalue weighted by Gasteiger charge is 2.23. The Kier molecular flexibility index (Phi) is 6.97. The summed E-state index contributed by atoms with van der Waals surface area (Å²) in [6.45, 7) is 5.66. The largest absolute Gasteiger partial charge is 0.504 e. The van der Waals surface area contributed by atoms with Gasteiger partial charge >= 0.3 is 6.09 Å². The number of carbonyl (C=O) groups is 1. The third-order valence-corrected chi connectivity index (χ3v) is 4.69. The van der Waals surface area contributed by atoms with Crippen LogP contribution in [0.3, 0.4) is 0 Å². The zero-order valence-corrected chi connectivity index (χ0v) is 15.9. The van der Waals surface area contributed by atoms with E-state index in [1.807, 2.05) is 37.4 Å². The summed E-state index contributed by atoms with van der Waals surface area (Å²) in [4.78, 5) is 13.4. The number of phenols is 1. The van der Waals surface area contributed by atoms with Gasteiger partial charge in [0.15, 0.2) is 11.5 Å². The molecule has 6 heteroatoms. The number of carbonyl (C=O) groups excluding carboxylic acids is 1. The van der Waals surface area contributed by atoms with E-state index in [0.29, 0.717) is 17.0 Å². The van der Waals surface area contributed by atoms with Gasteiger partial charge in [-0.1, -0.05) is 19.1 Å². The van der Waals surface area contributed by atoms with Crippen molar-refractivity contribution in [2.75, 3.05) is 18.7 Å². The molecule has 2 rings (SSSR count). The van der Waals surface area contributed by atoms with E-state index >= 15 is 0 Å². The summed E-state index contributed by atoms with van der Waals surface area (Å²) in [6, 6.07) is 12.4. The Morgan fingerprint density at radius 3 is 2.50 bits per heavy atom.